The zero-order chi connectivity index (χ0) is 14.9. The number of rotatable bonds is 3. The fourth-order valence-corrected chi connectivity index (χ4v) is 2.82. The monoisotopic (exact) mass is 304 g/mol. The van der Waals surface area contributed by atoms with Gasteiger partial charge in [-0.25, -0.2) is 4.79 Å². The molecule has 0 aliphatic carbocycles. The van der Waals surface area contributed by atoms with E-state index in [1.54, 1.807) is 18.2 Å². The van der Waals surface area contributed by atoms with Crippen molar-refractivity contribution in [3.63, 3.8) is 0 Å². The third-order valence-corrected chi connectivity index (χ3v) is 3.74. The second-order valence-electron chi connectivity index (χ2n) is 4.65. The van der Waals surface area contributed by atoms with Crippen LogP contribution in [0.25, 0.3) is 0 Å². The Labute approximate surface area is 126 Å². The summed E-state index contributed by atoms with van der Waals surface area (Å²) in [5, 5.41) is 9.63. The molecule has 2 aromatic carbocycles. The molecule has 1 aliphatic heterocycles. The fourth-order valence-electron chi connectivity index (χ4n) is 2.56. The third kappa shape index (κ3) is 2.31. The van der Waals surface area contributed by atoms with Crippen LogP contribution in [0.1, 0.15) is 21.5 Å². The van der Waals surface area contributed by atoms with E-state index in [9.17, 15) is 9.90 Å². The zero-order valence-electron chi connectivity index (χ0n) is 11.1. The van der Waals surface area contributed by atoms with Gasteiger partial charge in [0.15, 0.2) is 0 Å². The molecule has 4 nitrogen and oxygen atoms in total. The van der Waals surface area contributed by atoms with Crippen molar-refractivity contribution in [1.29, 1.82) is 0 Å². The summed E-state index contributed by atoms with van der Waals surface area (Å²) < 4.78 is 11.6. The summed E-state index contributed by atoms with van der Waals surface area (Å²) >= 11 is 6.06. The molecule has 0 spiro atoms. The Morgan fingerprint density at radius 1 is 1.05 bits per heavy atom. The van der Waals surface area contributed by atoms with Crippen molar-refractivity contribution in [2.45, 2.75) is 5.79 Å². The molecule has 0 bridgehead atoms. The van der Waals surface area contributed by atoms with Crippen LogP contribution in [0.5, 0.6) is 0 Å². The molecule has 0 saturated carbocycles. The second kappa shape index (κ2) is 5.48. The quantitative estimate of drug-likeness (QED) is 0.945. The number of carboxylic acids is 1. The van der Waals surface area contributed by atoms with Gasteiger partial charge in [-0.2, -0.15) is 0 Å². The molecule has 1 N–H and O–H groups in total. The number of halogens is 1. The lowest BCUT2D eigenvalue weighted by Crippen LogP contribution is -2.31. The van der Waals surface area contributed by atoms with Gasteiger partial charge in [0.05, 0.1) is 23.8 Å². The number of hydrogen-bond donors (Lipinski definition) is 1. The fraction of sp³-hybridized carbons (Fsp3) is 0.188. The summed E-state index contributed by atoms with van der Waals surface area (Å²) in [4.78, 5) is 11.6. The predicted molar refractivity (Wildman–Crippen MR) is 77.5 cm³/mol. The van der Waals surface area contributed by atoms with E-state index in [0.717, 1.165) is 5.56 Å². The minimum absolute atomic E-state index is 0.00456. The lowest BCUT2D eigenvalue weighted by molar-refractivity contribution is -0.130. The van der Waals surface area contributed by atoms with E-state index in [4.69, 9.17) is 21.1 Å². The van der Waals surface area contributed by atoms with Crippen molar-refractivity contribution < 1.29 is 19.4 Å². The number of aromatic carboxylic acids is 1. The number of hydrogen-bond acceptors (Lipinski definition) is 3. The van der Waals surface area contributed by atoms with Crippen LogP contribution in [-0.4, -0.2) is 24.3 Å². The molecule has 21 heavy (non-hydrogen) atoms. The average molecular weight is 305 g/mol. The summed E-state index contributed by atoms with van der Waals surface area (Å²) in [7, 11) is 0. The molecule has 1 saturated heterocycles. The maximum atomic E-state index is 11.6. The van der Waals surface area contributed by atoms with Crippen molar-refractivity contribution in [2.24, 2.45) is 0 Å². The Morgan fingerprint density at radius 3 is 2.33 bits per heavy atom. The number of carboxylic acid groups (broad SMARTS) is 1. The second-order valence-corrected chi connectivity index (χ2v) is 5.05. The zero-order valence-corrected chi connectivity index (χ0v) is 11.8. The van der Waals surface area contributed by atoms with Crippen LogP contribution in [0.4, 0.5) is 0 Å². The van der Waals surface area contributed by atoms with Crippen LogP contribution in [0, 0.1) is 0 Å². The minimum Gasteiger partial charge on any atom is -0.478 e. The largest absolute Gasteiger partial charge is 0.478 e. The highest BCUT2D eigenvalue weighted by Gasteiger charge is 2.43. The maximum Gasteiger partial charge on any atom is 0.337 e. The van der Waals surface area contributed by atoms with Gasteiger partial charge >= 0.3 is 5.97 Å². The van der Waals surface area contributed by atoms with Crippen LogP contribution in [-0.2, 0) is 15.3 Å². The van der Waals surface area contributed by atoms with Crippen LogP contribution in [0.3, 0.4) is 0 Å². The number of ether oxygens (including phenoxy) is 2. The van der Waals surface area contributed by atoms with E-state index in [2.05, 4.69) is 0 Å². The third-order valence-electron chi connectivity index (χ3n) is 3.43. The Morgan fingerprint density at radius 2 is 1.71 bits per heavy atom. The van der Waals surface area contributed by atoms with E-state index in [-0.39, 0.29) is 10.6 Å². The van der Waals surface area contributed by atoms with Gasteiger partial charge in [-0.15, -0.1) is 0 Å². The molecule has 1 aliphatic rings. The van der Waals surface area contributed by atoms with Gasteiger partial charge in [0, 0.05) is 11.1 Å². The van der Waals surface area contributed by atoms with Crippen molar-refractivity contribution in [1.82, 2.24) is 0 Å². The van der Waals surface area contributed by atoms with Gasteiger partial charge in [0.2, 0.25) is 5.79 Å². The minimum atomic E-state index is -1.22. The summed E-state index contributed by atoms with van der Waals surface area (Å²) in [6, 6.07) is 14.2. The van der Waals surface area contributed by atoms with Gasteiger partial charge in [0.25, 0.3) is 0 Å². The summed E-state index contributed by atoms with van der Waals surface area (Å²) in [5.74, 6) is -2.33. The van der Waals surface area contributed by atoms with Crippen LogP contribution in [0.2, 0.25) is 5.02 Å². The Kier molecular flexibility index (Phi) is 3.68. The molecule has 108 valence electrons. The van der Waals surface area contributed by atoms with Crippen molar-refractivity contribution >= 4 is 17.6 Å². The molecule has 2 aromatic rings. The first kappa shape index (κ1) is 14.1. The highest BCUT2D eigenvalue weighted by Crippen LogP contribution is 2.41. The predicted octanol–water partition coefficient (Wildman–Crippen LogP) is 3.29. The standard InChI is InChI=1S/C16H13ClO4/c17-13-8-4-7-12(14(13)15(18)19)16(20-9-10-21-16)11-5-2-1-3-6-11/h1-8H,9-10H2,(H,18,19). The van der Waals surface area contributed by atoms with E-state index >= 15 is 0 Å². The molecule has 1 heterocycles. The molecule has 0 radical (unpaired) electrons. The lowest BCUT2D eigenvalue weighted by Gasteiger charge is -2.29. The van der Waals surface area contributed by atoms with E-state index in [1.807, 2.05) is 30.3 Å². The Bertz CT molecular complexity index is 663. The van der Waals surface area contributed by atoms with E-state index in [0.29, 0.717) is 18.8 Å². The lowest BCUT2D eigenvalue weighted by atomic mass is 9.93. The molecule has 0 unspecified atom stereocenters. The molecule has 3 rings (SSSR count). The average Bonchev–Trinajstić information content (AvgIpc) is 2.98. The van der Waals surface area contributed by atoms with Crippen molar-refractivity contribution in [3.05, 3.63) is 70.2 Å². The van der Waals surface area contributed by atoms with Crippen LogP contribution in [0.15, 0.2) is 48.5 Å². The molecule has 0 amide bonds. The van der Waals surface area contributed by atoms with E-state index < -0.39 is 11.8 Å². The summed E-state index contributed by atoms with van der Waals surface area (Å²) in [6.07, 6.45) is 0. The van der Waals surface area contributed by atoms with Gasteiger partial charge < -0.3 is 14.6 Å². The molecule has 0 atom stereocenters. The molecule has 1 fully saturated rings. The van der Waals surface area contributed by atoms with Gasteiger partial charge in [0.1, 0.15) is 0 Å². The first-order valence-electron chi connectivity index (χ1n) is 6.51. The van der Waals surface area contributed by atoms with Crippen molar-refractivity contribution in [3.8, 4) is 0 Å². The first-order valence-corrected chi connectivity index (χ1v) is 6.88. The summed E-state index contributed by atoms with van der Waals surface area (Å²) in [5.41, 5.74) is 1.16. The molecule has 0 aromatic heterocycles. The summed E-state index contributed by atoms with van der Waals surface area (Å²) in [6.45, 7) is 0.779. The molecular formula is C16H13ClO4. The topological polar surface area (TPSA) is 55.8 Å². The van der Waals surface area contributed by atoms with Crippen molar-refractivity contribution in [2.75, 3.05) is 13.2 Å². The van der Waals surface area contributed by atoms with Gasteiger partial charge in [-0.05, 0) is 6.07 Å². The Balaban J connectivity index is 2.25. The normalized spacial score (nSPS) is 16.8. The number of carbonyl (C=O) groups is 1. The molecular weight excluding hydrogens is 292 g/mol. The Hall–Kier alpha value is -1.88. The smallest absolute Gasteiger partial charge is 0.337 e. The SMILES string of the molecule is O=C(O)c1c(Cl)cccc1C1(c2ccccc2)OCCO1. The highest BCUT2D eigenvalue weighted by atomic mass is 35.5. The van der Waals surface area contributed by atoms with Gasteiger partial charge in [-0.1, -0.05) is 54.1 Å². The first-order chi connectivity index (χ1) is 10.1. The number of benzene rings is 2. The van der Waals surface area contributed by atoms with Crippen LogP contribution < -0.4 is 0 Å². The van der Waals surface area contributed by atoms with E-state index in [1.165, 1.54) is 0 Å². The van der Waals surface area contributed by atoms with Gasteiger partial charge in [-0.3, -0.25) is 0 Å². The highest BCUT2D eigenvalue weighted by molar-refractivity contribution is 6.33. The molecule has 5 heteroatoms. The maximum absolute atomic E-state index is 11.6. The van der Waals surface area contributed by atoms with Crippen LogP contribution >= 0.6 is 11.6 Å².